The van der Waals surface area contributed by atoms with Crippen LogP contribution in [0.2, 0.25) is 0 Å². The SMILES string of the molecule is COc1cccc2c1C(c1ccccc1)CC(=O)N(C)C2. The minimum atomic E-state index is 0.0507. The lowest BCUT2D eigenvalue weighted by atomic mass is 9.86. The normalized spacial score (nSPS) is 18.1. The lowest BCUT2D eigenvalue weighted by molar-refractivity contribution is -0.130. The minimum absolute atomic E-state index is 0.0507. The summed E-state index contributed by atoms with van der Waals surface area (Å²) >= 11 is 0. The van der Waals surface area contributed by atoms with Crippen molar-refractivity contribution in [1.82, 2.24) is 4.90 Å². The average Bonchev–Trinajstić information content (AvgIpc) is 2.65. The van der Waals surface area contributed by atoms with Crippen LogP contribution in [-0.4, -0.2) is 25.0 Å². The number of amides is 1. The number of carbonyl (C=O) groups excluding carboxylic acids is 1. The Labute approximate surface area is 125 Å². The molecule has 1 atom stereocenters. The van der Waals surface area contributed by atoms with E-state index in [9.17, 15) is 4.79 Å². The minimum Gasteiger partial charge on any atom is -0.496 e. The fourth-order valence-corrected chi connectivity index (χ4v) is 3.05. The van der Waals surface area contributed by atoms with Gasteiger partial charge in [-0.05, 0) is 17.2 Å². The lowest BCUT2D eigenvalue weighted by Crippen LogP contribution is -2.24. The van der Waals surface area contributed by atoms with Gasteiger partial charge in [0.25, 0.3) is 0 Å². The Morgan fingerprint density at radius 2 is 1.86 bits per heavy atom. The molecule has 0 fully saturated rings. The summed E-state index contributed by atoms with van der Waals surface area (Å²) in [5.74, 6) is 1.08. The topological polar surface area (TPSA) is 29.5 Å². The van der Waals surface area contributed by atoms with Gasteiger partial charge in [0.1, 0.15) is 5.75 Å². The van der Waals surface area contributed by atoms with Gasteiger partial charge < -0.3 is 9.64 Å². The summed E-state index contributed by atoms with van der Waals surface area (Å²) in [6.45, 7) is 0.634. The van der Waals surface area contributed by atoms with Gasteiger partial charge in [-0.25, -0.2) is 0 Å². The van der Waals surface area contributed by atoms with Gasteiger partial charge >= 0.3 is 0 Å². The molecule has 3 rings (SSSR count). The third kappa shape index (κ3) is 2.51. The number of benzene rings is 2. The van der Waals surface area contributed by atoms with E-state index in [-0.39, 0.29) is 11.8 Å². The number of nitrogens with zero attached hydrogens (tertiary/aromatic N) is 1. The van der Waals surface area contributed by atoms with Gasteiger partial charge in [0, 0.05) is 31.5 Å². The smallest absolute Gasteiger partial charge is 0.223 e. The second kappa shape index (κ2) is 5.60. The van der Waals surface area contributed by atoms with Crippen LogP contribution in [0.15, 0.2) is 48.5 Å². The molecule has 0 aromatic heterocycles. The van der Waals surface area contributed by atoms with Gasteiger partial charge in [0.05, 0.1) is 7.11 Å². The highest BCUT2D eigenvalue weighted by molar-refractivity contribution is 5.79. The van der Waals surface area contributed by atoms with Crippen LogP contribution in [0.1, 0.15) is 29.0 Å². The van der Waals surface area contributed by atoms with Crippen LogP contribution in [0.4, 0.5) is 0 Å². The molecular weight excluding hydrogens is 262 g/mol. The van der Waals surface area contributed by atoms with Crippen molar-refractivity contribution >= 4 is 5.91 Å². The van der Waals surface area contributed by atoms with Crippen molar-refractivity contribution in [3.8, 4) is 5.75 Å². The molecule has 3 heteroatoms. The fourth-order valence-electron chi connectivity index (χ4n) is 3.05. The molecule has 1 amide bonds. The second-order valence-corrected chi connectivity index (χ2v) is 5.45. The zero-order valence-electron chi connectivity index (χ0n) is 12.4. The maximum Gasteiger partial charge on any atom is 0.223 e. The number of rotatable bonds is 2. The van der Waals surface area contributed by atoms with Gasteiger partial charge in [-0.1, -0.05) is 42.5 Å². The molecule has 0 saturated heterocycles. The van der Waals surface area contributed by atoms with Crippen molar-refractivity contribution in [3.05, 3.63) is 65.2 Å². The van der Waals surface area contributed by atoms with E-state index >= 15 is 0 Å². The molecule has 1 unspecified atom stereocenters. The van der Waals surface area contributed by atoms with Crippen molar-refractivity contribution in [2.24, 2.45) is 0 Å². The van der Waals surface area contributed by atoms with E-state index in [1.165, 1.54) is 0 Å². The molecule has 0 spiro atoms. The quantitative estimate of drug-likeness (QED) is 0.846. The molecule has 0 N–H and O–H groups in total. The maximum atomic E-state index is 12.4. The molecule has 0 saturated carbocycles. The number of fused-ring (bicyclic) bond motifs is 1. The monoisotopic (exact) mass is 281 g/mol. The van der Waals surface area contributed by atoms with Gasteiger partial charge in [-0.2, -0.15) is 0 Å². The Morgan fingerprint density at radius 1 is 1.10 bits per heavy atom. The molecule has 21 heavy (non-hydrogen) atoms. The molecule has 2 aromatic carbocycles. The highest BCUT2D eigenvalue weighted by atomic mass is 16.5. The maximum absolute atomic E-state index is 12.4. The van der Waals surface area contributed by atoms with Gasteiger partial charge in [-0.15, -0.1) is 0 Å². The molecule has 3 nitrogen and oxygen atoms in total. The third-order valence-electron chi connectivity index (χ3n) is 4.14. The van der Waals surface area contributed by atoms with Crippen molar-refractivity contribution < 1.29 is 9.53 Å². The average molecular weight is 281 g/mol. The predicted octanol–water partition coefficient (Wildman–Crippen LogP) is 3.19. The Morgan fingerprint density at radius 3 is 2.57 bits per heavy atom. The Hall–Kier alpha value is -2.29. The van der Waals surface area contributed by atoms with Crippen LogP contribution in [0.3, 0.4) is 0 Å². The predicted molar refractivity (Wildman–Crippen MR) is 82.4 cm³/mol. The standard InChI is InChI=1S/C18H19NO2/c1-19-12-14-9-6-10-16(21-2)18(14)15(11-17(19)20)13-7-4-3-5-8-13/h3-10,15H,11-12H2,1-2H3. The van der Waals surface area contributed by atoms with Gasteiger partial charge in [0.15, 0.2) is 0 Å². The van der Waals surface area contributed by atoms with Crippen LogP contribution in [0.5, 0.6) is 5.75 Å². The first-order valence-corrected chi connectivity index (χ1v) is 7.15. The summed E-state index contributed by atoms with van der Waals surface area (Å²) in [4.78, 5) is 14.1. The van der Waals surface area contributed by atoms with Gasteiger partial charge in [0.2, 0.25) is 5.91 Å². The first kappa shape index (κ1) is 13.7. The number of hydrogen-bond donors (Lipinski definition) is 0. The van der Waals surface area contributed by atoms with Crippen LogP contribution in [0.25, 0.3) is 0 Å². The third-order valence-corrected chi connectivity index (χ3v) is 4.14. The molecular formula is C18H19NO2. The first-order chi connectivity index (χ1) is 10.2. The highest BCUT2D eigenvalue weighted by Gasteiger charge is 2.29. The Kier molecular flexibility index (Phi) is 3.65. The lowest BCUT2D eigenvalue weighted by Gasteiger charge is -2.20. The van der Waals surface area contributed by atoms with E-state index in [2.05, 4.69) is 18.2 Å². The molecule has 1 heterocycles. The summed E-state index contributed by atoms with van der Waals surface area (Å²) in [7, 11) is 3.55. The van der Waals surface area contributed by atoms with Crippen molar-refractivity contribution in [1.29, 1.82) is 0 Å². The van der Waals surface area contributed by atoms with E-state index < -0.39 is 0 Å². The summed E-state index contributed by atoms with van der Waals surface area (Å²) < 4.78 is 5.56. The fraction of sp³-hybridized carbons (Fsp3) is 0.278. The van der Waals surface area contributed by atoms with Crippen molar-refractivity contribution in [2.45, 2.75) is 18.9 Å². The molecule has 108 valence electrons. The van der Waals surface area contributed by atoms with Crippen LogP contribution in [0, 0.1) is 0 Å². The summed E-state index contributed by atoms with van der Waals surface area (Å²) in [5.41, 5.74) is 3.47. The Bertz CT molecular complexity index is 652. The largest absolute Gasteiger partial charge is 0.496 e. The number of methoxy groups -OCH3 is 1. The highest BCUT2D eigenvalue weighted by Crippen LogP contribution is 2.39. The Balaban J connectivity index is 2.18. The van der Waals surface area contributed by atoms with E-state index in [1.807, 2.05) is 37.4 Å². The zero-order chi connectivity index (χ0) is 14.8. The second-order valence-electron chi connectivity index (χ2n) is 5.45. The molecule has 0 aliphatic carbocycles. The molecule has 1 aliphatic rings. The van der Waals surface area contributed by atoms with Gasteiger partial charge in [-0.3, -0.25) is 4.79 Å². The molecule has 1 aliphatic heterocycles. The zero-order valence-corrected chi connectivity index (χ0v) is 12.4. The van der Waals surface area contributed by atoms with Crippen molar-refractivity contribution in [2.75, 3.05) is 14.2 Å². The van der Waals surface area contributed by atoms with Crippen LogP contribution >= 0.6 is 0 Å². The first-order valence-electron chi connectivity index (χ1n) is 7.15. The molecule has 0 radical (unpaired) electrons. The number of hydrogen-bond acceptors (Lipinski definition) is 2. The van der Waals surface area contributed by atoms with E-state index in [0.29, 0.717) is 13.0 Å². The van der Waals surface area contributed by atoms with E-state index in [1.54, 1.807) is 12.0 Å². The summed E-state index contributed by atoms with van der Waals surface area (Å²) in [5, 5.41) is 0. The van der Waals surface area contributed by atoms with E-state index in [0.717, 1.165) is 22.4 Å². The van der Waals surface area contributed by atoms with E-state index in [4.69, 9.17) is 4.74 Å². The summed E-state index contributed by atoms with van der Waals surface area (Å²) in [6.07, 6.45) is 0.480. The number of carbonyl (C=O) groups is 1. The van der Waals surface area contributed by atoms with Crippen LogP contribution in [-0.2, 0) is 11.3 Å². The summed E-state index contributed by atoms with van der Waals surface area (Å²) in [6, 6.07) is 16.3. The van der Waals surface area contributed by atoms with Crippen molar-refractivity contribution in [3.63, 3.8) is 0 Å². The number of ether oxygens (including phenoxy) is 1. The molecule has 2 aromatic rings. The molecule has 0 bridgehead atoms. The van der Waals surface area contributed by atoms with Crippen LogP contribution < -0.4 is 4.74 Å².